The van der Waals surface area contributed by atoms with Crippen LogP contribution in [0.3, 0.4) is 0 Å². The van der Waals surface area contributed by atoms with Gasteiger partial charge in [0.05, 0.1) is 24.2 Å². The average molecular weight is 258 g/mol. The summed E-state index contributed by atoms with van der Waals surface area (Å²) in [7, 11) is 1.40. The van der Waals surface area contributed by atoms with Crippen LogP contribution in [0.25, 0.3) is 11.4 Å². The Kier molecular flexibility index (Phi) is 3.26. The van der Waals surface area contributed by atoms with Crippen molar-refractivity contribution in [2.75, 3.05) is 7.11 Å². The van der Waals surface area contributed by atoms with Gasteiger partial charge in [-0.05, 0) is 6.07 Å². The lowest BCUT2D eigenvalue weighted by Crippen LogP contribution is -1.96. The molecule has 0 aliphatic rings. The number of methoxy groups -OCH3 is 1. The Morgan fingerprint density at radius 2 is 2.29 bits per heavy atom. The lowest BCUT2D eigenvalue weighted by molar-refractivity contribution is 0.380. The molecule has 0 atom stereocenters. The summed E-state index contributed by atoms with van der Waals surface area (Å²) in [5.41, 5.74) is 5.46. The third-order valence-corrected chi connectivity index (χ3v) is 2.42. The van der Waals surface area contributed by atoms with Crippen molar-refractivity contribution in [2.24, 2.45) is 5.73 Å². The van der Waals surface area contributed by atoms with E-state index in [1.807, 2.05) is 0 Å². The van der Waals surface area contributed by atoms with Crippen LogP contribution in [-0.2, 0) is 6.54 Å². The fourth-order valence-electron chi connectivity index (χ4n) is 1.30. The topological polar surface area (TPSA) is 74.2 Å². The van der Waals surface area contributed by atoms with Gasteiger partial charge in [-0.1, -0.05) is 16.8 Å². The van der Waals surface area contributed by atoms with Crippen LogP contribution in [0.15, 0.2) is 16.7 Å². The Balaban J connectivity index is 2.48. The van der Waals surface area contributed by atoms with Gasteiger partial charge in [-0.25, -0.2) is 4.39 Å². The van der Waals surface area contributed by atoms with E-state index >= 15 is 0 Å². The molecule has 5 nitrogen and oxygen atoms in total. The first-order chi connectivity index (χ1) is 8.15. The SMILES string of the molecule is COc1cc(F)c(-c2noc(CN)n2)cc1Cl. The van der Waals surface area contributed by atoms with Crippen molar-refractivity contribution in [2.45, 2.75) is 6.54 Å². The number of hydrogen-bond acceptors (Lipinski definition) is 5. The number of benzene rings is 1. The number of halogens is 2. The van der Waals surface area contributed by atoms with Crippen molar-refractivity contribution < 1.29 is 13.7 Å². The molecule has 0 saturated heterocycles. The van der Waals surface area contributed by atoms with Crippen LogP contribution in [0, 0.1) is 5.82 Å². The van der Waals surface area contributed by atoms with Crippen LogP contribution in [0.1, 0.15) is 5.89 Å². The maximum absolute atomic E-state index is 13.7. The molecule has 1 heterocycles. The minimum absolute atomic E-state index is 0.0957. The summed E-state index contributed by atoms with van der Waals surface area (Å²) in [6.07, 6.45) is 0. The van der Waals surface area contributed by atoms with Gasteiger partial charge in [-0.15, -0.1) is 0 Å². The van der Waals surface area contributed by atoms with Gasteiger partial charge in [-0.3, -0.25) is 0 Å². The summed E-state index contributed by atoms with van der Waals surface area (Å²) in [4.78, 5) is 3.91. The molecule has 2 N–H and O–H groups in total. The minimum atomic E-state index is -0.546. The van der Waals surface area contributed by atoms with Gasteiger partial charge in [0, 0.05) is 6.07 Å². The third kappa shape index (κ3) is 2.22. The normalized spacial score (nSPS) is 10.6. The average Bonchev–Trinajstić information content (AvgIpc) is 2.80. The Hall–Kier alpha value is -1.66. The Labute approximate surface area is 101 Å². The molecule has 2 rings (SSSR count). The van der Waals surface area contributed by atoms with E-state index in [-0.39, 0.29) is 34.6 Å². The smallest absolute Gasteiger partial charge is 0.240 e. The predicted molar refractivity (Wildman–Crippen MR) is 59.1 cm³/mol. The first-order valence-electron chi connectivity index (χ1n) is 4.71. The number of hydrogen-bond donors (Lipinski definition) is 1. The van der Waals surface area contributed by atoms with Gasteiger partial charge in [0.15, 0.2) is 0 Å². The molecule has 0 bridgehead atoms. The van der Waals surface area contributed by atoms with E-state index in [0.29, 0.717) is 0 Å². The van der Waals surface area contributed by atoms with E-state index < -0.39 is 5.82 Å². The van der Waals surface area contributed by atoms with E-state index in [4.69, 9.17) is 26.6 Å². The van der Waals surface area contributed by atoms with Gasteiger partial charge in [0.1, 0.15) is 11.6 Å². The predicted octanol–water partition coefficient (Wildman–Crippen LogP) is 2.00. The molecule has 0 aliphatic heterocycles. The number of rotatable bonds is 3. The second kappa shape index (κ2) is 4.68. The zero-order valence-corrected chi connectivity index (χ0v) is 9.66. The first-order valence-corrected chi connectivity index (χ1v) is 5.09. The number of aromatic nitrogens is 2. The van der Waals surface area contributed by atoms with E-state index in [2.05, 4.69) is 10.1 Å². The minimum Gasteiger partial charge on any atom is -0.495 e. The van der Waals surface area contributed by atoms with Crippen molar-refractivity contribution in [3.05, 3.63) is 28.9 Å². The standard InChI is InChI=1S/C10H9ClFN3O2/c1-16-8-3-7(12)5(2-6(8)11)10-14-9(4-13)17-15-10/h2-3H,4,13H2,1H3. The van der Waals surface area contributed by atoms with Gasteiger partial charge in [-0.2, -0.15) is 4.98 Å². The molecule has 90 valence electrons. The van der Waals surface area contributed by atoms with Crippen molar-refractivity contribution in [3.8, 4) is 17.1 Å². The summed E-state index contributed by atoms with van der Waals surface area (Å²) < 4.78 is 23.4. The molecule has 1 aromatic heterocycles. The maximum Gasteiger partial charge on any atom is 0.240 e. The maximum atomic E-state index is 13.7. The zero-order valence-electron chi connectivity index (χ0n) is 8.91. The molecule has 2 aromatic rings. The summed E-state index contributed by atoms with van der Waals surface area (Å²) in [6.45, 7) is 0.0957. The lowest BCUT2D eigenvalue weighted by Gasteiger charge is -2.04. The summed E-state index contributed by atoms with van der Waals surface area (Å²) in [5, 5.41) is 3.88. The Morgan fingerprint density at radius 1 is 1.53 bits per heavy atom. The van der Waals surface area contributed by atoms with E-state index in [1.165, 1.54) is 13.2 Å². The second-order valence-electron chi connectivity index (χ2n) is 3.18. The molecule has 0 aliphatic carbocycles. The quantitative estimate of drug-likeness (QED) is 0.910. The highest BCUT2D eigenvalue weighted by atomic mass is 35.5. The fraction of sp³-hybridized carbons (Fsp3) is 0.200. The van der Waals surface area contributed by atoms with Crippen LogP contribution in [0.2, 0.25) is 5.02 Å². The molecule has 0 radical (unpaired) electrons. The first kappa shape index (κ1) is 11.8. The van der Waals surface area contributed by atoms with Crippen molar-refractivity contribution in [3.63, 3.8) is 0 Å². The monoisotopic (exact) mass is 257 g/mol. The van der Waals surface area contributed by atoms with Gasteiger partial charge >= 0.3 is 0 Å². The third-order valence-electron chi connectivity index (χ3n) is 2.13. The largest absolute Gasteiger partial charge is 0.495 e. The summed E-state index contributed by atoms with van der Waals surface area (Å²) in [6, 6.07) is 2.54. The number of nitrogens with zero attached hydrogens (tertiary/aromatic N) is 2. The highest BCUT2D eigenvalue weighted by Crippen LogP contribution is 2.31. The van der Waals surface area contributed by atoms with Crippen molar-refractivity contribution in [1.29, 1.82) is 0 Å². The van der Waals surface area contributed by atoms with Crippen LogP contribution >= 0.6 is 11.6 Å². The number of ether oxygens (including phenoxy) is 1. The Morgan fingerprint density at radius 3 is 2.88 bits per heavy atom. The summed E-state index contributed by atoms with van der Waals surface area (Å²) >= 11 is 5.89. The molecule has 0 saturated carbocycles. The van der Waals surface area contributed by atoms with Crippen LogP contribution in [0.4, 0.5) is 4.39 Å². The molecule has 0 spiro atoms. The van der Waals surface area contributed by atoms with Crippen LogP contribution in [-0.4, -0.2) is 17.3 Å². The highest BCUT2D eigenvalue weighted by Gasteiger charge is 2.15. The fourth-order valence-corrected chi connectivity index (χ4v) is 1.54. The molecule has 17 heavy (non-hydrogen) atoms. The van der Waals surface area contributed by atoms with Crippen LogP contribution in [0.5, 0.6) is 5.75 Å². The van der Waals surface area contributed by atoms with E-state index in [0.717, 1.165) is 6.07 Å². The molecule has 0 unspecified atom stereocenters. The Bertz CT molecular complexity index is 544. The van der Waals surface area contributed by atoms with Crippen molar-refractivity contribution >= 4 is 11.6 Å². The van der Waals surface area contributed by atoms with Crippen molar-refractivity contribution in [1.82, 2.24) is 10.1 Å². The molecule has 0 amide bonds. The van der Waals surface area contributed by atoms with Gasteiger partial charge < -0.3 is 15.0 Å². The summed E-state index contributed by atoms with van der Waals surface area (Å²) in [5.74, 6) is 0.0323. The van der Waals surface area contributed by atoms with Gasteiger partial charge in [0.25, 0.3) is 0 Å². The van der Waals surface area contributed by atoms with Gasteiger partial charge in [0.2, 0.25) is 11.7 Å². The number of nitrogens with two attached hydrogens (primary N) is 1. The zero-order chi connectivity index (χ0) is 12.4. The molecule has 1 aromatic carbocycles. The highest BCUT2D eigenvalue weighted by molar-refractivity contribution is 6.32. The second-order valence-corrected chi connectivity index (χ2v) is 3.59. The van der Waals surface area contributed by atoms with E-state index in [1.54, 1.807) is 0 Å². The molecule has 0 fully saturated rings. The molecular weight excluding hydrogens is 249 g/mol. The lowest BCUT2D eigenvalue weighted by atomic mass is 10.2. The van der Waals surface area contributed by atoms with E-state index in [9.17, 15) is 4.39 Å². The van der Waals surface area contributed by atoms with Crippen LogP contribution < -0.4 is 10.5 Å². The molecular formula is C10H9ClFN3O2. The molecule has 7 heteroatoms.